The van der Waals surface area contributed by atoms with E-state index in [1.54, 1.807) is 0 Å². The largest absolute Gasteiger partial charge is 0.480 e. The first kappa shape index (κ1) is 17.4. The third kappa shape index (κ3) is 5.38. The van der Waals surface area contributed by atoms with Crippen molar-refractivity contribution >= 4 is 15.8 Å². The second-order valence-electron chi connectivity index (χ2n) is 5.26. The highest BCUT2D eigenvalue weighted by Crippen LogP contribution is 2.19. The number of carbonyl (C=O) groups is 1. The highest BCUT2D eigenvalue weighted by Gasteiger charge is 2.41. The minimum Gasteiger partial charge on any atom is -0.480 e. The fourth-order valence-corrected chi connectivity index (χ4v) is 3.00. The van der Waals surface area contributed by atoms with Crippen molar-refractivity contribution in [2.24, 2.45) is 0 Å². The molecule has 0 saturated heterocycles. The highest BCUT2D eigenvalue weighted by molar-refractivity contribution is 7.93. The van der Waals surface area contributed by atoms with E-state index in [0.29, 0.717) is 6.42 Å². The lowest BCUT2D eigenvalue weighted by atomic mass is 10.1. The van der Waals surface area contributed by atoms with Crippen molar-refractivity contribution in [3.8, 4) is 0 Å². The first-order chi connectivity index (χ1) is 8.25. The summed E-state index contributed by atoms with van der Waals surface area (Å²) in [5, 5.41) is 8.90. The van der Waals surface area contributed by atoms with Crippen LogP contribution in [0.3, 0.4) is 0 Å². The lowest BCUT2D eigenvalue weighted by molar-refractivity contribution is -0.139. The van der Waals surface area contributed by atoms with Gasteiger partial charge in [-0.05, 0) is 20.3 Å². The molecular formula is C13H26O4S. The van der Waals surface area contributed by atoms with Gasteiger partial charge >= 0.3 is 5.97 Å². The van der Waals surface area contributed by atoms with E-state index in [1.807, 2.05) is 0 Å². The fourth-order valence-electron chi connectivity index (χ4n) is 1.64. The van der Waals surface area contributed by atoms with Gasteiger partial charge in [-0.3, -0.25) is 4.79 Å². The molecule has 0 aromatic rings. The summed E-state index contributed by atoms with van der Waals surface area (Å²) >= 11 is 0. The molecule has 0 radical (unpaired) electrons. The molecule has 0 aromatic heterocycles. The number of sulfone groups is 1. The van der Waals surface area contributed by atoms with Crippen LogP contribution in [0.2, 0.25) is 0 Å². The van der Waals surface area contributed by atoms with Crippen LogP contribution >= 0.6 is 0 Å². The van der Waals surface area contributed by atoms with Crippen molar-refractivity contribution in [3.63, 3.8) is 0 Å². The second kappa shape index (κ2) is 7.77. The predicted molar refractivity (Wildman–Crippen MR) is 73.5 cm³/mol. The molecule has 0 amide bonds. The van der Waals surface area contributed by atoms with E-state index in [1.165, 1.54) is 33.1 Å². The van der Waals surface area contributed by atoms with E-state index in [2.05, 4.69) is 6.92 Å². The molecule has 0 atom stereocenters. The standard InChI is InChI=1S/C13H26O4S/c1-4-5-6-7-8-9-10-11-18(16,17)13(2,3)12(14)15/h4-11H2,1-3H3,(H,14,15). The molecule has 0 saturated carbocycles. The minimum absolute atomic E-state index is 0.0277. The SMILES string of the molecule is CCCCCCCCCS(=O)(=O)C(C)(C)C(=O)O. The van der Waals surface area contributed by atoms with Crippen LogP contribution in [0.4, 0.5) is 0 Å². The Morgan fingerprint density at radius 3 is 1.89 bits per heavy atom. The Morgan fingerprint density at radius 1 is 1.00 bits per heavy atom. The maximum atomic E-state index is 11.8. The van der Waals surface area contributed by atoms with Gasteiger partial charge in [-0.1, -0.05) is 45.4 Å². The average molecular weight is 278 g/mol. The van der Waals surface area contributed by atoms with Crippen molar-refractivity contribution in [2.45, 2.75) is 70.5 Å². The van der Waals surface area contributed by atoms with Crippen molar-refractivity contribution in [1.82, 2.24) is 0 Å². The average Bonchev–Trinajstić information content (AvgIpc) is 2.27. The first-order valence-corrected chi connectivity index (χ1v) is 8.36. The predicted octanol–water partition coefficient (Wildman–Crippen LogP) is 3.02. The van der Waals surface area contributed by atoms with Crippen molar-refractivity contribution < 1.29 is 18.3 Å². The molecule has 0 bridgehead atoms. The summed E-state index contributed by atoms with van der Waals surface area (Å²) in [5.74, 6) is -1.30. The summed E-state index contributed by atoms with van der Waals surface area (Å²) in [6.07, 6.45) is 7.21. The Hall–Kier alpha value is -0.580. The minimum atomic E-state index is -3.56. The summed E-state index contributed by atoms with van der Waals surface area (Å²) in [6.45, 7) is 4.67. The number of carboxylic acids is 1. The summed E-state index contributed by atoms with van der Waals surface area (Å²) in [7, 11) is -3.56. The third-order valence-corrected chi connectivity index (χ3v) is 5.86. The quantitative estimate of drug-likeness (QED) is 0.623. The summed E-state index contributed by atoms with van der Waals surface area (Å²) in [5.41, 5.74) is 0. The molecule has 5 heteroatoms. The van der Waals surface area contributed by atoms with Gasteiger partial charge in [0, 0.05) is 0 Å². The van der Waals surface area contributed by atoms with Crippen LogP contribution in [0.1, 0.15) is 65.7 Å². The highest BCUT2D eigenvalue weighted by atomic mass is 32.2. The number of hydrogen-bond donors (Lipinski definition) is 1. The van der Waals surface area contributed by atoms with Gasteiger partial charge in [0.25, 0.3) is 0 Å². The molecule has 0 aliphatic rings. The van der Waals surface area contributed by atoms with Crippen LogP contribution in [0.15, 0.2) is 0 Å². The molecule has 108 valence electrons. The van der Waals surface area contributed by atoms with Gasteiger partial charge in [-0.2, -0.15) is 0 Å². The Bertz CT molecular complexity index is 344. The molecule has 0 aromatic carbocycles. The molecule has 18 heavy (non-hydrogen) atoms. The topological polar surface area (TPSA) is 71.4 Å². The van der Waals surface area contributed by atoms with Crippen LogP contribution in [0.25, 0.3) is 0 Å². The van der Waals surface area contributed by atoms with Crippen molar-refractivity contribution in [3.05, 3.63) is 0 Å². The summed E-state index contributed by atoms with van der Waals surface area (Å²) < 4.78 is 22.0. The van der Waals surface area contributed by atoms with Gasteiger partial charge in [0.1, 0.15) is 0 Å². The molecule has 1 N–H and O–H groups in total. The van der Waals surface area contributed by atoms with Gasteiger partial charge in [-0.25, -0.2) is 8.42 Å². The first-order valence-electron chi connectivity index (χ1n) is 6.71. The number of carboxylic acid groups (broad SMARTS) is 1. The van der Waals surface area contributed by atoms with Crippen molar-refractivity contribution in [1.29, 1.82) is 0 Å². The molecule has 0 fully saturated rings. The molecule has 0 aliphatic carbocycles. The zero-order chi connectivity index (χ0) is 14.2. The number of aliphatic carboxylic acids is 1. The molecule has 0 rings (SSSR count). The lowest BCUT2D eigenvalue weighted by Crippen LogP contribution is -2.41. The summed E-state index contributed by atoms with van der Waals surface area (Å²) in [4.78, 5) is 10.9. The summed E-state index contributed by atoms with van der Waals surface area (Å²) in [6, 6.07) is 0. The molecule has 0 aliphatic heterocycles. The van der Waals surface area contributed by atoms with Crippen LogP contribution in [-0.2, 0) is 14.6 Å². The van der Waals surface area contributed by atoms with Gasteiger partial charge < -0.3 is 5.11 Å². The number of hydrogen-bond acceptors (Lipinski definition) is 3. The monoisotopic (exact) mass is 278 g/mol. The second-order valence-corrected chi connectivity index (χ2v) is 7.91. The fraction of sp³-hybridized carbons (Fsp3) is 0.923. The Balaban J connectivity index is 3.96. The van der Waals surface area contributed by atoms with E-state index in [4.69, 9.17) is 5.11 Å². The zero-order valence-corrected chi connectivity index (χ0v) is 12.6. The van der Waals surface area contributed by atoms with Gasteiger partial charge in [-0.15, -0.1) is 0 Å². The normalized spacial score (nSPS) is 12.6. The van der Waals surface area contributed by atoms with Crippen molar-refractivity contribution in [2.75, 3.05) is 5.75 Å². The maximum absolute atomic E-state index is 11.8. The van der Waals surface area contributed by atoms with Crippen LogP contribution < -0.4 is 0 Å². The zero-order valence-electron chi connectivity index (χ0n) is 11.7. The molecule has 0 unspecified atom stereocenters. The van der Waals surface area contributed by atoms with Crippen LogP contribution in [0.5, 0.6) is 0 Å². The van der Waals surface area contributed by atoms with E-state index in [9.17, 15) is 13.2 Å². The van der Waals surface area contributed by atoms with Crippen LogP contribution in [-0.4, -0.2) is 30.0 Å². The maximum Gasteiger partial charge on any atom is 0.324 e. The van der Waals surface area contributed by atoms with Gasteiger partial charge in [0.05, 0.1) is 5.75 Å². The third-order valence-electron chi connectivity index (χ3n) is 3.31. The van der Waals surface area contributed by atoms with Gasteiger partial charge in [0.15, 0.2) is 14.6 Å². The van der Waals surface area contributed by atoms with E-state index < -0.39 is 20.6 Å². The molecule has 0 spiro atoms. The van der Waals surface area contributed by atoms with E-state index >= 15 is 0 Å². The number of unbranched alkanes of at least 4 members (excludes halogenated alkanes) is 6. The molecular weight excluding hydrogens is 252 g/mol. The Morgan fingerprint density at radius 2 is 1.44 bits per heavy atom. The molecule has 4 nitrogen and oxygen atoms in total. The number of rotatable bonds is 10. The lowest BCUT2D eigenvalue weighted by Gasteiger charge is -2.19. The Labute approximate surface area is 111 Å². The molecule has 0 heterocycles. The van der Waals surface area contributed by atoms with E-state index in [-0.39, 0.29) is 5.75 Å². The van der Waals surface area contributed by atoms with Crippen LogP contribution in [0, 0.1) is 0 Å². The smallest absolute Gasteiger partial charge is 0.324 e. The Kier molecular flexibility index (Phi) is 7.52. The van der Waals surface area contributed by atoms with E-state index in [0.717, 1.165) is 19.3 Å². The van der Waals surface area contributed by atoms with Gasteiger partial charge in [0.2, 0.25) is 0 Å².